The number of unbranched alkanes of at least 4 members (excludes halogenated alkanes) is 1. The summed E-state index contributed by atoms with van der Waals surface area (Å²) in [5, 5.41) is 3.44. The monoisotopic (exact) mass is 391 g/mol. The molecule has 150 valence electrons. The molecule has 0 atom stereocenters. The van der Waals surface area contributed by atoms with E-state index in [0.29, 0.717) is 5.52 Å². The molecule has 1 saturated heterocycles. The van der Waals surface area contributed by atoms with Crippen molar-refractivity contribution < 1.29 is 4.39 Å². The van der Waals surface area contributed by atoms with Gasteiger partial charge in [-0.2, -0.15) is 0 Å². The number of imidazole rings is 2. The summed E-state index contributed by atoms with van der Waals surface area (Å²) in [5.41, 5.74) is 4.47. The summed E-state index contributed by atoms with van der Waals surface area (Å²) >= 11 is 0. The highest BCUT2D eigenvalue weighted by Crippen LogP contribution is 2.28. The molecule has 5 rings (SSSR count). The van der Waals surface area contributed by atoms with Crippen LogP contribution in [0.25, 0.3) is 33.5 Å². The van der Waals surface area contributed by atoms with E-state index in [-0.39, 0.29) is 5.82 Å². The van der Waals surface area contributed by atoms with Crippen LogP contribution in [0.1, 0.15) is 32.1 Å². The first-order valence-corrected chi connectivity index (χ1v) is 10.6. The minimum Gasteiger partial charge on any atom is -0.338 e. The van der Waals surface area contributed by atoms with Gasteiger partial charge in [0.1, 0.15) is 11.6 Å². The standard InChI is InChI=1S/C23H26FN5/c24-17-7-8-19-20(14-17)28-23(27-19)18-5-3-6-21-22(18)26-15-29(21)13-2-1-4-16-9-11-25-12-10-16/h3,5-8,14-16,25H,1-2,4,9-13H2,(H,27,28). The van der Waals surface area contributed by atoms with Crippen LogP contribution < -0.4 is 5.32 Å². The highest BCUT2D eigenvalue weighted by atomic mass is 19.1. The lowest BCUT2D eigenvalue weighted by Gasteiger charge is -2.22. The zero-order valence-corrected chi connectivity index (χ0v) is 16.5. The fourth-order valence-corrected chi connectivity index (χ4v) is 4.45. The summed E-state index contributed by atoms with van der Waals surface area (Å²) in [4.78, 5) is 12.5. The Labute approximate surface area is 169 Å². The first-order valence-electron chi connectivity index (χ1n) is 10.6. The molecule has 4 aromatic rings. The fraction of sp³-hybridized carbons (Fsp3) is 0.391. The lowest BCUT2D eigenvalue weighted by Crippen LogP contribution is -2.27. The summed E-state index contributed by atoms with van der Waals surface area (Å²) < 4.78 is 15.7. The number of para-hydroxylation sites is 1. The number of rotatable bonds is 6. The third kappa shape index (κ3) is 3.77. The third-order valence-electron chi connectivity index (χ3n) is 6.07. The predicted octanol–water partition coefficient (Wildman–Crippen LogP) is 4.89. The van der Waals surface area contributed by atoms with Crippen LogP contribution in [0.4, 0.5) is 4.39 Å². The summed E-state index contributed by atoms with van der Waals surface area (Å²) in [5.74, 6) is 1.34. The lowest BCUT2D eigenvalue weighted by atomic mass is 9.92. The number of benzene rings is 2. The number of aromatic amines is 1. The molecule has 0 radical (unpaired) electrons. The molecule has 2 N–H and O–H groups in total. The van der Waals surface area contributed by atoms with Gasteiger partial charge in [-0.05, 0) is 62.5 Å². The number of nitrogens with one attached hydrogen (secondary N) is 2. The molecule has 29 heavy (non-hydrogen) atoms. The van der Waals surface area contributed by atoms with Gasteiger partial charge in [0.2, 0.25) is 0 Å². The second-order valence-corrected chi connectivity index (χ2v) is 8.05. The Bertz CT molecular complexity index is 1120. The molecule has 2 aromatic carbocycles. The molecule has 0 saturated carbocycles. The molecule has 1 fully saturated rings. The highest BCUT2D eigenvalue weighted by molar-refractivity contribution is 5.92. The molecule has 5 nitrogen and oxygen atoms in total. The van der Waals surface area contributed by atoms with Crippen molar-refractivity contribution in [3.05, 3.63) is 48.5 Å². The highest BCUT2D eigenvalue weighted by Gasteiger charge is 2.14. The Kier molecular flexibility index (Phi) is 5.02. The normalized spacial score (nSPS) is 15.5. The van der Waals surface area contributed by atoms with Gasteiger partial charge in [-0.15, -0.1) is 0 Å². The van der Waals surface area contributed by atoms with Crippen molar-refractivity contribution in [2.75, 3.05) is 13.1 Å². The number of halogens is 1. The molecule has 1 aliphatic heterocycles. The van der Waals surface area contributed by atoms with Crippen LogP contribution in [0.3, 0.4) is 0 Å². The van der Waals surface area contributed by atoms with E-state index in [9.17, 15) is 4.39 Å². The van der Waals surface area contributed by atoms with E-state index in [1.54, 1.807) is 6.07 Å². The molecule has 0 spiro atoms. The van der Waals surface area contributed by atoms with Crippen molar-refractivity contribution in [1.29, 1.82) is 0 Å². The maximum atomic E-state index is 13.5. The van der Waals surface area contributed by atoms with E-state index in [1.807, 2.05) is 18.5 Å². The van der Waals surface area contributed by atoms with E-state index in [2.05, 4.69) is 30.9 Å². The maximum Gasteiger partial charge on any atom is 0.140 e. The van der Waals surface area contributed by atoms with Gasteiger partial charge in [-0.1, -0.05) is 18.9 Å². The van der Waals surface area contributed by atoms with E-state index in [1.165, 1.54) is 57.3 Å². The van der Waals surface area contributed by atoms with E-state index in [4.69, 9.17) is 0 Å². The molecule has 0 amide bonds. The van der Waals surface area contributed by atoms with E-state index >= 15 is 0 Å². The van der Waals surface area contributed by atoms with Crippen molar-refractivity contribution in [3.8, 4) is 11.4 Å². The minimum absolute atomic E-state index is 0.275. The molecule has 0 aliphatic carbocycles. The Balaban J connectivity index is 1.33. The average molecular weight is 391 g/mol. The largest absolute Gasteiger partial charge is 0.338 e. The van der Waals surface area contributed by atoms with Gasteiger partial charge in [0.05, 0.1) is 28.4 Å². The molecule has 0 bridgehead atoms. The summed E-state index contributed by atoms with van der Waals surface area (Å²) in [6, 6.07) is 10.8. The van der Waals surface area contributed by atoms with Crippen molar-refractivity contribution in [2.45, 2.75) is 38.6 Å². The quantitative estimate of drug-likeness (QED) is 0.460. The number of piperidine rings is 1. The van der Waals surface area contributed by atoms with Crippen LogP contribution in [-0.2, 0) is 6.54 Å². The van der Waals surface area contributed by atoms with Gasteiger partial charge in [-0.3, -0.25) is 0 Å². The molecule has 6 heteroatoms. The second kappa shape index (κ2) is 7.95. The van der Waals surface area contributed by atoms with Gasteiger partial charge in [0.15, 0.2) is 0 Å². The molecule has 3 heterocycles. The zero-order chi connectivity index (χ0) is 19.6. The van der Waals surface area contributed by atoms with Crippen LogP contribution in [0.5, 0.6) is 0 Å². The summed E-state index contributed by atoms with van der Waals surface area (Å²) in [7, 11) is 0. The van der Waals surface area contributed by atoms with Crippen LogP contribution in [0.2, 0.25) is 0 Å². The van der Waals surface area contributed by atoms with Gasteiger partial charge in [0.25, 0.3) is 0 Å². The number of hydrogen-bond acceptors (Lipinski definition) is 3. The third-order valence-corrected chi connectivity index (χ3v) is 6.07. The van der Waals surface area contributed by atoms with Crippen LogP contribution in [-0.4, -0.2) is 32.6 Å². The summed E-state index contributed by atoms with van der Waals surface area (Å²) in [6.07, 6.45) is 8.33. The minimum atomic E-state index is -0.275. The smallest absolute Gasteiger partial charge is 0.140 e. The van der Waals surface area contributed by atoms with Gasteiger partial charge < -0.3 is 14.9 Å². The number of H-pyrrole nitrogens is 1. The Hall–Kier alpha value is -2.73. The van der Waals surface area contributed by atoms with E-state index < -0.39 is 0 Å². The second-order valence-electron chi connectivity index (χ2n) is 8.05. The van der Waals surface area contributed by atoms with Gasteiger partial charge in [-0.25, -0.2) is 14.4 Å². The molecule has 2 aromatic heterocycles. The number of hydrogen-bond donors (Lipinski definition) is 2. The van der Waals surface area contributed by atoms with E-state index in [0.717, 1.165) is 40.4 Å². The Morgan fingerprint density at radius 2 is 2.00 bits per heavy atom. The first-order chi connectivity index (χ1) is 14.3. The Morgan fingerprint density at radius 3 is 2.90 bits per heavy atom. The van der Waals surface area contributed by atoms with Crippen molar-refractivity contribution in [1.82, 2.24) is 24.8 Å². The average Bonchev–Trinajstić information content (AvgIpc) is 3.35. The van der Waals surface area contributed by atoms with Gasteiger partial charge in [0, 0.05) is 18.2 Å². The number of nitrogens with zero attached hydrogens (tertiary/aromatic N) is 3. The zero-order valence-electron chi connectivity index (χ0n) is 16.5. The maximum absolute atomic E-state index is 13.5. The lowest BCUT2D eigenvalue weighted by molar-refractivity contribution is 0.341. The SMILES string of the molecule is Fc1ccc2[nH]c(-c3cccc4c3ncn4CCCCC3CCNCC3)nc2c1. The number of aryl methyl sites for hydroxylation is 1. The van der Waals surface area contributed by atoms with Crippen molar-refractivity contribution in [3.63, 3.8) is 0 Å². The van der Waals surface area contributed by atoms with Crippen LogP contribution >= 0.6 is 0 Å². The molecular weight excluding hydrogens is 365 g/mol. The topological polar surface area (TPSA) is 58.5 Å². The van der Waals surface area contributed by atoms with Gasteiger partial charge >= 0.3 is 0 Å². The molecule has 0 unspecified atom stereocenters. The Morgan fingerprint density at radius 1 is 1.10 bits per heavy atom. The number of aromatic nitrogens is 4. The van der Waals surface area contributed by atoms with Crippen LogP contribution in [0.15, 0.2) is 42.7 Å². The summed E-state index contributed by atoms with van der Waals surface area (Å²) in [6.45, 7) is 3.33. The number of fused-ring (bicyclic) bond motifs is 2. The molecule has 1 aliphatic rings. The van der Waals surface area contributed by atoms with Crippen molar-refractivity contribution >= 4 is 22.1 Å². The van der Waals surface area contributed by atoms with Crippen molar-refractivity contribution in [2.24, 2.45) is 5.92 Å². The van der Waals surface area contributed by atoms with Crippen LogP contribution in [0, 0.1) is 11.7 Å². The fourth-order valence-electron chi connectivity index (χ4n) is 4.45. The molecular formula is C23H26FN5. The predicted molar refractivity (Wildman–Crippen MR) is 114 cm³/mol. The first kappa shape index (κ1) is 18.3.